The van der Waals surface area contributed by atoms with E-state index in [0.29, 0.717) is 25.5 Å². The number of carbonyl (C=O) groups is 1. The lowest BCUT2D eigenvalue weighted by molar-refractivity contribution is 0.0922. The van der Waals surface area contributed by atoms with Gasteiger partial charge in [-0.3, -0.25) is 9.48 Å². The summed E-state index contributed by atoms with van der Waals surface area (Å²) in [4.78, 5) is 12.4. The highest BCUT2D eigenvalue weighted by molar-refractivity contribution is 5.94. The zero-order valence-corrected chi connectivity index (χ0v) is 12.8. The fourth-order valence-corrected chi connectivity index (χ4v) is 2.70. The van der Waals surface area contributed by atoms with Crippen LogP contribution < -0.4 is 10.1 Å². The zero-order chi connectivity index (χ0) is 15.5. The number of aromatic nitrogens is 2. The predicted octanol–water partition coefficient (Wildman–Crippen LogP) is 1.43. The number of ether oxygens (including phenoxy) is 2. The second-order valence-electron chi connectivity index (χ2n) is 5.19. The van der Waals surface area contributed by atoms with E-state index in [1.165, 1.54) is 0 Å². The van der Waals surface area contributed by atoms with Crippen LogP contribution in [-0.2, 0) is 31.4 Å². The Morgan fingerprint density at radius 2 is 2.27 bits per heavy atom. The third-order valence-corrected chi connectivity index (χ3v) is 3.85. The number of benzene rings is 1. The van der Waals surface area contributed by atoms with Gasteiger partial charge < -0.3 is 14.8 Å². The van der Waals surface area contributed by atoms with E-state index in [1.54, 1.807) is 11.8 Å². The van der Waals surface area contributed by atoms with Gasteiger partial charge in [-0.05, 0) is 6.07 Å². The summed E-state index contributed by atoms with van der Waals surface area (Å²) in [6.45, 7) is 1.52. The van der Waals surface area contributed by atoms with E-state index >= 15 is 0 Å². The molecule has 2 heterocycles. The molecule has 3 rings (SSSR count). The molecule has 0 saturated carbocycles. The van der Waals surface area contributed by atoms with Gasteiger partial charge in [-0.2, -0.15) is 5.10 Å². The molecule has 6 nitrogen and oxygen atoms in total. The molecule has 0 bridgehead atoms. The Balaban J connectivity index is 1.75. The first-order valence-electron chi connectivity index (χ1n) is 7.23. The monoisotopic (exact) mass is 301 g/mol. The summed E-state index contributed by atoms with van der Waals surface area (Å²) >= 11 is 0. The number of para-hydroxylation sites is 1. The number of hydrogen-bond donors (Lipinski definition) is 1. The minimum Gasteiger partial charge on any atom is -0.496 e. The van der Waals surface area contributed by atoms with Gasteiger partial charge in [0.15, 0.2) is 5.69 Å². The van der Waals surface area contributed by atoms with E-state index in [9.17, 15) is 4.79 Å². The van der Waals surface area contributed by atoms with Gasteiger partial charge in [-0.1, -0.05) is 18.2 Å². The van der Waals surface area contributed by atoms with E-state index in [2.05, 4.69) is 10.4 Å². The molecule has 0 unspecified atom stereocenters. The molecule has 1 aromatic carbocycles. The van der Waals surface area contributed by atoms with Crippen molar-refractivity contribution in [3.05, 3.63) is 46.8 Å². The SMILES string of the molecule is COc1ccccc1CNC(=O)c1nn(C)c2c1COCC2. The summed E-state index contributed by atoms with van der Waals surface area (Å²) in [5.41, 5.74) is 3.35. The average molecular weight is 301 g/mol. The molecular formula is C16H19N3O3. The molecule has 0 aliphatic carbocycles. The first kappa shape index (κ1) is 14.6. The lowest BCUT2D eigenvalue weighted by atomic mass is 10.1. The maximum atomic E-state index is 12.4. The van der Waals surface area contributed by atoms with E-state index in [4.69, 9.17) is 9.47 Å². The number of amides is 1. The van der Waals surface area contributed by atoms with Crippen LogP contribution in [0.15, 0.2) is 24.3 Å². The van der Waals surface area contributed by atoms with Gasteiger partial charge in [-0.25, -0.2) is 0 Å². The largest absolute Gasteiger partial charge is 0.496 e. The van der Waals surface area contributed by atoms with E-state index < -0.39 is 0 Å². The van der Waals surface area contributed by atoms with Crippen LogP contribution in [0.25, 0.3) is 0 Å². The first-order chi connectivity index (χ1) is 10.7. The molecule has 1 aliphatic heterocycles. The number of nitrogens with one attached hydrogen (secondary N) is 1. The average Bonchev–Trinajstić information content (AvgIpc) is 2.90. The summed E-state index contributed by atoms with van der Waals surface area (Å²) in [5.74, 6) is 0.572. The molecule has 22 heavy (non-hydrogen) atoms. The van der Waals surface area contributed by atoms with Crippen LogP contribution in [0.2, 0.25) is 0 Å². The molecule has 1 amide bonds. The Morgan fingerprint density at radius 1 is 1.45 bits per heavy atom. The van der Waals surface area contributed by atoms with Crippen LogP contribution in [0, 0.1) is 0 Å². The summed E-state index contributed by atoms with van der Waals surface area (Å²) in [5, 5.41) is 7.24. The Bertz CT molecular complexity index is 694. The molecule has 0 radical (unpaired) electrons. The van der Waals surface area contributed by atoms with Gasteiger partial charge >= 0.3 is 0 Å². The van der Waals surface area contributed by atoms with Crippen LogP contribution in [0.3, 0.4) is 0 Å². The van der Waals surface area contributed by atoms with Crippen molar-refractivity contribution in [1.29, 1.82) is 0 Å². The van der Waals surface area contributed by atoms with Crippen molar-refractivity contribution in [2.45, 2.75) is 19.6 Å². The van der Waals surface area contributed by atoms with Gasteiger partial charge in [0.25, 0.3) is 5.91 Å². The number of rotatable bonds is 4. The molecule has 0 saturated heterocycles. The molecule has 0 fully saturated rings. The smallest absolute Gasteiger partial charge is 0.272 e. The first-order valence-corrected chi connectivity index (χ1v) is 7.23. The standard InChI is InChI=1S/C16H19N3O3/c1-19-13-7-8-22-10-12(13)15(18-19)16(20)17-9-11-5-3-4-6-14(11)21-2/h3-6H,7-10H2,1-2H3,(H,17,20). The lowest BCUT2D eigenvalue weighted by Gasteiger charge is -2.13. The van der Waals surface area contributed by atoms with Crippen molar-refractivity contribution < 1.29 is 14.3 Å². The Labute approximate surface area is 129 Å². The van der Waals surface area contributed by atoms with E-state index in [0.717, 1.165) is 29.0 Å². The molecule has 1 aliphatic rings. The Morgan fingerprint density at radius 3 is 3.09 bits per heavy atom. The quantitative estimate of drug-likeness (QED) is 0.928. The van der Waals surface area contributed by atoms with Crippen molar-refractivity contribution in [1.82, 2.24) is 15.1 Å². The van der Waals surface area contributed by atoms with Gasteiger partial charge in [0.05, 0.1) is 20.3 Å². The van der Waals surface area contributed by atoms with E-state index in [-0.39, 0.29) is 5.91 Å². The minimum absolute atomic E-state index is 0.187. The topological polar surface area (TPSA) is 65.4 Å². The van der Waals surface area contributed by atoms with Crippen LogP contribution in [0.5, 0.6) is 5.75 Å². The summed E-state index contributed by atoms with van der Waals surface area (Å²) < 4.78 is 12.5. The molecule has 2 aromatic rings. The fourth-order valence-electron chi connectivity index (χ4n) is 2.70. The molecule has 1 N–H and O–H groups in total. The number of nitrogens with zero attached hydrogens (tertiary/aromatic N) is 2. The third kappa shape index (κ3) is 2.69. The van der Waals surface area contributed by atoms with Crippen molar-refractivity contribution in [2.75, 3.05) is 13.7 Å². The van der Waals surface area contributed by atoms with Crippen LogP contribution in [-0.4, -0.2) is 29.4 Å². The molecular weight excluding hydrogens is 282 g/mol. The van der Waals surface area contributed by atoms with Crippen molar-refractivity contribution >= 4 is 5.91 Å². The summed E-state index contributed by atoms with van der Waals surface area (Å²) in [6.07, 6.45) is 0.790. The second-order valence-corrected chi connectivity index (χ2v) is 5.19. The van der Waals surface area contributed by atoms with Gasteiger partial charge in [0.2, 0.25) is 0 Å². The van der Waals surface area contributed by atoms with Crippen molar-refractivity contribution in [3.63, 3.8) is 0 Å². The third-order valence-electron chi connectivity index (χ3n) is 3.85. The molecule has 6 heteroatoms. The van der Waals surface area contributed by atoms with E-state index in [1.807, 2.05) is 31.3 Å². The highest BCUT2D eigenvalue weighted by Gasteiger charge is 2.24. The zero-order valence-electron chi connectivity index (χ0n) is 12.8. The van der Waals surface area contributed by atoms with Gasteiger partial charge in [0, 0.05) is 36.8 Å². The molecule has 1 aromatic heterocycles. The number of aryl methyl sites for hydroxylation is 1. The summed E-state index contributed by atoms with van der Waals surface area (Å²) in [7, 11) is 3.48. The molecule has 0 spiro atoms. The maximum Gasteiger partial charge on any atom is 0.272 e. The second kappa shape index (κ2) is 6.19. The number of hydrogen-bond acceptors (Lipinski definition) is 4. The minimum atomic E-state index is -0.187. The highest BCUT2D eigenvalue weighted by atomic mass is 16.5. The highest BCUT2D eigenvalue weighted by Crippen LogP contribution is 2.21. The Kier molecular flexibility index (Phi) is 4.11. The van der Waals surface area contributed by atoms with Crippen molar-refractivity contribution in [2.24, 2.45) is 7.05 Å². The molecule has 116 valence electrons. The predicted molar refractivity (Wildman–Crippen MR) is 80.7 cm³/mol. The number of carbonyl (C=O) groups excluding carboxylic acids is 1. The fraction of sp³-hybridized carbons (Fsp3) is 0.375. The van der Waals surface area contributed by atoms with Gasteiger partial charge in [-0.15, -0.1) is 0 Å². The summed E-state index contributed by atoms with van der Waals surface area (Å²) in [6, 6.07) is 7.62. The number of fused-ring (bicyclic) bond motifs is 1. The van der Waals surface area contributed by atoms with Crippen LogP contribution >= 0.6 is 0 Å². The number of methoxy groups -OCH3 is 1. The van der Waals surface area contributed by atoms with Crippen LogP contribution in [0.1, 0.15) is 27.3 Å². The normalized spacial score (nSPS) is 13.5. The lowest BCUT2D eigenvalue weighted by Crippen LogP contribution is -2.25. The molecule has 0 atom stereocenters. The van der Waals surface area contributed by atoms with Gasteiger partial charge in [0.1, 0.15) is 5.75 Å². The van der Waals surface area contributed by atoms with Crippen molar-refractivity contribution in [3.8, 4) is 5.75 Å². The maximum absolute atomic E-state index is 12.4. The Hall–Kier alpha value is -2.34. The van der Waals surface area contributed by atoms with Crippen LogP contribution in [0.4, 0.5) is 0 Å².